The summed E-state index contributed by atoms with van der Waals surface area (Å²) in [7, 11) is 0. The fourth-order valence-electron chi connectivity index (χ4n) is 2.69. The molecule has 0 heterocycles. The summed E-state index contributed by atoms with van der Waals surface area (Å²) < 4.78 is 5.70. The topological polar surface area (TPSA) is 67.4 Å². The van der Waals surface area contributed by atoms with E-state index in [-0.39, 0.29) is 17.7 Å². The van der Waals surface area contributed by atoms with Gasteiger partial charge in [-0.25, -0.2) is 0 Å². The van der Waals surface area contributed by atoms with Crippen molar-refractivity contribution < 1.29 is 14.3 Å². The molecule has 2 amide bonds. The van der Waals surface area contributed by atoms with Gasteiger partial charge in [0.05, 0.1) is 6.54 Å². The van der Waals surface area contributed by atoms with Crippen LogP contribution in [0.5, 0.6) is 5.75 Å². The van der Waals surface area contributed by atoms with Crippen LogP contribution in [-0.4, -0.2) is 25.0 Å². The summed E-state index contributed by atoms with van der Waals surface area (Å²) in [5, 5.41) is 5.69. The molecule has 2 N–H and O–H groups in total. The minimum atomic E-state index is -0.712. The van der Waals surface area contributed by atoms with E-state index in [4.69, 9.17) is 4.74 Å². The molecule has 27 heavy (non-hydrogen) atoms. The van der Waals surface area contributed by atoms with E-state index < -0.39 is 6.04 Å². The number of carbonyl (C=O) groups excluding carboxylic acids is 2. The molecule has 0 aliphatic carbocycles. The molecule has 0 saturated heterocycles. The maximum Gasteiger partial charge on any atom is 0.247 e. The van der Waals surface area contributed by atoms with Crippen LogP contribution in [0.15, 0.2) is 54.6 Å². The van der Waals surface area contributed by atoms with Gasteiger partial charge < -0.3 is 15.4 Å². The molecular weight excluding hydrogens is 340 g/mol. The van der Waals surface area contributed by atoms with Crippen molar-refractivity contribution in [1.29, 1.82) is 0 Å². The van der Waals surface area contributed by atoms with Crippen LogP contribution in [0.2, 0.25) is 0 Å². The van der Waals surface area contributed by atoms with E-state index in [1.165, 1.54) is 0 Å². The number of para-hydroxylation sites is 1. The first kappa shape index (κ1) is 20.5. The SMILES string of the molecule is Cc1ccccc1OCCNC(=O)C(NC(=O)CC(C)C)c1ccccc1. The third-order valence-corrected chi connectivity index (χ3v) is 4.05. The van der Waals surface area contributed by atoms with E-state index in [2.05, 4.69) is 10.6 Å². The van der Waals surface area contributed by atoms with Crippen molar-refractivity contribution in [3.63, 3.8) is 0 Å². The van der Waals surface area contributed by atoms with Crippen molar-refractivity contribution in [2.24, 2.45) is 5.92 Å². The predicted molar refractivity (Wildman–Crippen MR) is 106 cm³/mol. The summed E-state index contributed by atoms with van der Waals surface area (Å²) in [4.78, 5) is 24.8. The lowest BCUT2D eigenvalue weighted by atomic mass is 10.0. The highest BCUT2D eigenvalue weighted by molar-refractivity contribution is 5.88. The Morgan fingerprint density at radius 2 is 1.67 bits per heavy atom. The van der Waals surface area contributed by atoms with Crippen molar-refractivity contribution >= 4 is 11.8 Å². The van der Waals surface area contributed by atoms with Gasteiger partial charge in [-0.3, -0.25) is 9.59 Å². The summed E-state index contributed by atoms with van der Waals surface area (Å²) in [6.07, 6.45) is 0.382. The molecule has 0 aromatic heterocycles. The highest BCUT2D eigenvalue weighted by Crippen LogP contribution is 2.16. The summed E-state index contributed by atoms with van der Waals surface area (Å²) in [5.74, 6) is 0.653. The second-order valence-corrected chi connectivity index (χ2v) is 6.91. The standard InChI is InChI=1S/C22H28N2O3/c1-16(2)15-20(25)24-21(18-10-5-4-6-11-18)22(26)23-13-14-27-19-12-8-7-9-17(19)3/h4-12,16,21H,13-15H2,1-3H3,(H,23,26)(H,24,25). The summed E-state index contributed by atoms with van der Waals surface area (Å²) >= 11 is 0. The molecule has 0 spiro atoms. The predicted octanol–water partition coefficient (Wildman–Crippen LogP) is 3.39. The van der Waals surface area contributed by atoms with Crippen molar-refractivity contribution in [2.75, 3.05) is 13.2 Å². The van der Waals surface area contributed by atoms with Gasteiger partial charge in [-0.05, 0) is 30.0 Å². The van der Waals surface area contributed by atoms with Gasteiger partial charge in [0.25, 0.3) is 0 Å². The Hall–Kier alpha value is -2.82. The molecule has 0 aliphatic heterocycles. The minimum Gasteiger partial charge on any atom is -0.491 e. The van der Waals surface area contributed by atoms with E-state index in [0.29, 0.717) is 19.6 Å². The number of nitrogens with one attached hydrogen (secondary N) is 2. The van der Waals surface area contributed by atoms with Crippen LogP contribution in [-0.2, 0) is 9.59 Å². The fourth-order valence-corrected chi connectivity index (χ4v) is 2.69. The number of hydrogen-bond acceptors (Lipinski definition) is 3. The Kier molecular flexibility index (Phi) is 7.86. The van der Waals surface area contributed by atoms with Crippen LogP contribution in [0.25, 0.3) is 0 Å². The van der Waals surface area contributed by atoms with Gasteiger partial charge in [-0.1, -0.05) is 62.4 Å². The number of hydrogen-bond donors (Lipinski definition) is 2. The summed E-state index contributed by atoms with van der Waals surface area (Å²) in [5.41, 5.74) is 1.80. The van der Waals surface area contributed by atoms with Gasteiger partial charge in [0.1, 0.15) is 18.4 Å². The molecule has 2 rings (SSSR count). The quantitative estimate of drug-likeness (QED) is 0.667. The zero-order chi connectivity index (χ0) is 19.6. The summed E-state index contributed by atoms with van der Waals surface area (Å²) in [6.45, 7) is 6.64. The van der Waals surface area contributed by atoms with Crippen LogP contribution < -0.4 is 15.4 Å². The van der Waals surface area contributed by atoms with Crippen LogP contribution in [0.1, 0.15) is 37.4 Å². The Balaban J connectivity index is 1.93. The molecule has 144 valence electrons. The first-order valence-electron chi connectivity index (χ1n) is 9.28. The van der Waals surface area contributed by atoms with Gasteiger partial charge in [0, 0.05) is 6.42 Å². The van der Waals surface area contributed by atoms with Gasteiger partial charge in [0.15, 0.2) is 0 Å². The Morgan fingerprint density at radius 1 is 1.00 bits per heavy atom. The van der Waals surface area contributed by atoms with E-state index >= 15 is 0 Å². The number of benzene rings is 2. The lowest BCUT2D eigenvalue weighted by molar-refractivity contribution is -0.129. The number of amides is 2. The Labute approximate surface area is 161 Å². The highest BCUT2D eigenvalue weighted by atomic mass is 16.5. The number of carbonyl (C=O) groups is 2. The van der Waals surface area contributed by atoms with Gasteiger partial charge in [-0.15, -0.1) is 0 Å². The molecule has 0 aliphatic rings. The molecule has 1 unspecified atom stereocenters. The van der Waals surface area contributed by atoms with Gasteiger partial charge >= 0.3 is 0 Å². The molecule has 2 aromatic rings. The van der Waals surface area contributed by atoms with E-state index in [1.807, 2.05) is 75.4 Å². The Morgan fingerprint density at radius 3 is 2.33 bits per heavy atom. The molecule has 1 atom stereocenters. The van der Waals surface area contributed by atoms with Gasteiger partial charge in [0.2, 0.25) is 11.8 Å². The highest BCUT2D eigenvalue weighted by Gasteiger charge is 2.22. The normalized spacial score (nSPS) is 11.7. The molecule has 5 heteroatoms. The molecule has 0 radical (unpaired) electrons. The minimum absolute atomic E-state index is 0.134. The lowest BCUT2D eigenvalue weighted by Gasteiger charge is -2.19. The fraction of sp³-hybridized carbons (Fsp3) is 0.364. The van der Waals surface area contributed by atoms with E-state index in [9.17, 15) is 9.59 Å². The van der Waals surface area contributed by atoms with Crippen LogP contribution >= 0.6 is 0 Å². The molecule has 0 saturated carbocycles. The average Bonchev–Trinajstić information content (AvgIpc) is 2.64. The van der Waals surface area contributed by atoms with E-state index in [1.54, 1.807) is 0 Å². The molecule has 0 fully saturated rings. The Bertz CT molecular complexity index is 744. The smallest absolute Gasteiger partial charge is 0.247 e. The number of ether oxygens (including phenoxy) is 1. The second kappa shape index (κ2) is 10.4. The van der Waals surface area contributed by atoms with Crippen LogP contribution in [0, 0.1) is 12.8 Å². The lowest BCUT2D eigenvalue weighted by Crippen LogP contribution is -2.41. The van der Waals surface area contributed by atoms with Crippen molar-refractivity contribution in [3.05, 3.63) is 65.7 Å². The molecular formula is C22H28N2O3. The first-order chi connectivity index (χ1) is 13.0. The zero-order valence-electron chi connectivity index (χ0n) is 16.2. The van der Waals surface area contributed by atoms with Crippen LogP contribution in [0.3, 0.4) is 0 Å². The van der Waals surface area contributed by atoms with Crippen molar-refractivity contribution in [1.82, 2.24) is 10.6 Å². The second-order valence-electron chi connectivity index (χ2n) is 6.91. The molecule has 5 nitrogen and oxygen atoms in total. The third kappa shape index (κ3) is 6.77. The van der Waals surface area contributed by atoms with Crippen molar-refractivity contribution in [2.45, 2.75) is 33.2 Å². The monoisotopic (exact) mass is 368 g/mol. The number of rotatable bonds is 9. The molecule has 2 aromatic carbocycles. The maximum atomic E-state index is 12.7. The van der Waals surface area contributed by atoms with Crippen molar-refractivity contribution in [3.8, 4) is 5.75 Å². The van der Waals surface area contributed by atoms with Crippen LogP contribution in [0.4, 0.5) is 0 Å². The maximum absolute atomic E-state index is 12.7. The largest absolute Gasteiger partial charge is 0.491 e. The molecule has 0 bridgehead atoms. The summed E-state index contributed by atoms with van der Waals surface area (Å²) in [6, 6.07) is 16.3. The average molecular weight is 368 g/mol. The van der Waals surface area contributed by atoms with E-state index in [0.717, 1.165) is 16.9 Å². The number of aryl methyl sites for hydroxylation is 1. The first-order valence-corrected chi connectivity index (χ1v) is 9.28. The third-order valence-electron chi connectivity index (χ3n) is 4.05. The van der Waals surface area contributed by atoms with Gasteiger partial charge in [-0.2, -0.15) is 0 Å². The zero-order valence-corrected chi connectivity index (χ0v) is 16.2.